The topological polar surface area (TPSA) is 84.9 Å². The number of sulfonamides is 1. The van der Waals surface area contributed by atoms with Crippen LogP contribution in [-0.4, -0.2) is 27.7 Å². The highest BCUT2D eigenvalue weighted by atomic mass is 32.2. The molecule has 0 aromatic heterocycles. The summed E-state index contributed by atoms with van der Waals surface area (Å²) in [6.45, 7) is 0.746. The minimum atomic E-state index is -3.75. The van der Waals surface area contributed by atoms with Crippen molar-refractivity contribution in [1.82, 2.24) is 0 Å². The van der Waals surface area contributed by atoms with Crippen molar-refractivity contribution in [2.24, 2.45) is 5.92 Å². The van der Waals surface area contributed by atoms with E-state index in [2.05, 4.69) is 4.72 Å². The van der Waals surface area contributed by atoms with Gasteiger partial charge in [0.2, 0.25) is 12.7 Å². The zero-order chi connectivity index (χ0) is 18.6. The Hall–Kier alpha value is -2.74. The van der Waals surface area contributed by atoms with Gasteiger partial charge in [0, 0.05) is 29.9 Å². The summed E-state index contributed by atoms with van der Waals surface area (Å²) in [5, 5.41) is 0. The molecule has 0 saturated heterocycles. The second kappa shape index (κ2) is 5.88. The van der Waals surface area contributed by atoms with Crippen LogP contribution in [0, 0.1) is 5.92 Å². The lowest BCUT2D eigenvalue weighted by Crippen LogP contribution is -2.30. The summed E-state index contributed by atoms with van der Waals surface area (Å²) < 4.78 is 38.5. The Morgan fingerprint density at radius 1 is 1.07 bits per heavy atom. The smallest absolute Gasteiger partial charge is 0.262 e. The van der Waals surface area contributed by atoms with E-state index in [4.69, 9.17) is 9.47 Å². The van der Waals surface area contributed by atoms with E-state index in [0.717, 1.165) is 30.5 Å². The first kappa shape index (κ1) is 16.4. The van der Waals surface area contributed by atoms with Gasteiger partial charge in [0.1, 0.15) is 0 Å². The van der Waals surface area contributed by atoms with Crippen molar-refractivity contribution in [3.63, 3.8) is 0 Å². The van der Waals surface area contributed by atoms with E-state index >= 15 is 0 Å². The maximum atomic E-state index is 12.7. The summed E-state index contributed by atoms with van der Waals surface area (Å²) in [6, 6.07) is 9.84. The number of carbonyl (C=O) groups excluding carboxylic acids is 1. The van der Waals surface area contributed by atoms with Crippen LogP contribution < -0.4 is 19.1 Å². The molecule has 0 radical (unpaired) electrons. The first-order valence-electron chi connectivity index (χ1n) is 8.88. The maximum Gasteiger partial charge on any atom is 0.262 e. The van der Waals surface area contributed by atoms with Crippen LogP contribution in [0.15, 0.2) is 41.3 Å². The molecule has 0 bridgehead atoms. The largest absolute Gasteiger partial charge is 0.454 e. The lowest BCUT2D eigenvalue weighted by atomic mass is 10.1. The second-order valence-electron chi connectivity index (χ2n) is 6.98. The summed E-state index contributed by atoms with van der Waals surface area (Å²) in [7, 11) is -3.75. The van der Waals surface area contributed by atoms with Crippen LogP contribution >= 0.6 is 0 Å². The highest BCUT2D eigenvalue weighted by molar-refractivity contribution is 7.92. The number of anilines is 2. The Bertz CT molecular complexity index is 1050. The summed E-state index contributed by atoms with van der Waals surface area (Å²) in [6.07, 6.45) is 2.67. The molecule has 140 valence electrons. The minimum absolute atomic E-state index is 0.0904. The molecule has 3 aliphatic rings. The quantitative estimate of drug-likeness (QED) is 0.873. The second-order valence-corrected chi connectivity index (χ2v) is 8.66. The Labute approximate surface area is 156 Å². The standard InChI is InChI=1S/C19H18N2O5S/c22-19(12-1-2-12)21-8-7-13-9-14(3-5-16(13)21)20-27(23,24)15-4-6-17-18(10-15)26-11-25-17/h3-6,9-10,12,20H,1-2,7-8,11H2. The normalized spacial score (nSPS) is 17.7. The Balaban J connectivity index is 1.39. The van der Waals surface area contributed by atoms with Crippen LogP contribution in [0.4, 0.5) is 11.4 Å². The van der Waals surface area contributed by atoms with Crippen molar-refractivity contribution in [2.45, 2.75) is 24.2 Å². The molecule has 2 heterocycles. The number of benzene rings is 2. The molecule has 0 spiro atoms. The number of hydrogen-bond acceptors (Lipinski definition) is 5. The third-order valence-electron chi connectivity index (χ3n) is 5.07. The van der Waals surface area contributed by atoms with Gasteiger partial charge in [-0.05, 0) is 55.2 Å². The predicted molar refractivity (Wildman–Crippen MR) is 98.6 cm³/mol. The minimum Gasteiger partial charge on any atom is -0.454 e. The molecule has 0 unspecified atom stereocenters. The molecule has 27 heavy (non-hydrogen) atoms. The number of rotatable bonds is 4. The summed E-state index contributed by atoms with van der Waals surface area (Å²) >= 11 is 0. The fourth-order valence-electron chi connectivity index (χ4n) is 3.50. The molecular weight excluding hydrogens is 368 g/mol. The molecule has 2 aromatic carbocycles. The zero-order valence-corrected chi connectivity index (χ0v) is 15.3. The van der Waals surface area contributed by atoms with E-state index < -0.39 is 10.0 Å². The highest BCUT2D eigenvalue weighted by Gasteiger charge is 2.36. The SMILES string of the molecule is O=C(C1CC1)N1CCc2cc(NS(=O)(=O)c3ccc4c(c3)OCO4)ccc21. The number of amides is 1. The number of ether oxygens (including phenoxy) is 2. The van der Waals surface area contributed by atoms with Crippen LogP contribution in [0.5, 0.6) is 11.5 Å². The van der Waals surface area contributed by atoms with E-state index in [9.17, 15) is 13.2 Å². The Morgan fingerprint density at radius 2 is 1.89 bits per heavy atom. The van der Waals surface area contributed by atoms with Gasteiger partial charge in [-0.2, -0.15) is 0 Å². The van der Waals surface area contributed by atoms with Gasteiger partial charge in [-0.15, -0.1) is 0 Å². The predicted octanol–water partition coefficient (Wildman–Crippen LogP) is 2.52. The van der Waals surface area contributed by atoms with Crippen molar-refractivity contribution in [3.8, 4) is 11.5 Å². The van der Waals surface area contributed by atoms with Crippen LogP contribution in [0.25, 0.3) is 0 Å². The molecule has 2 aliphatic heterocycles. The molecule has 1 saturated carbocycles. The lowest BCUT2D eigenvalue weighted by Gasteiger charge is -2.17. The Kier molecular flexibility index (Phi) is 3.58. The van der Waals surface area contributed by atoms with Gasteiger partial charge in [-0.25, -0.2) is 8.42 Å². The molecule has 0 atom stereocenters. The van der Waals surface area contributed by atoms with E-state index in [1.165, 1.54) is 12.1 Å². The van der Waals surface area contributed by atoms with Gasteiger partial charge < -0.3 is 14.4 Å². The molecule has 1 amide bonds. The van der Waals surface area contributed by atoms with E-state index in [1.807, 2.05) is 11.0 Å². The van der Waals surface area contributed by atoms with E-state index in [1.54, 1.807) is 18.2 Å². The Morgan fingerprint density at radius 3 is 2.70 bits per heavy atom. The van der Waals surface area contributed by atoms with Gasteiger partial charge in [0.05, 0.1) is 4.90 Å². The average molecular weight is 386 g/mol. The van der Waals surface area contributed by atoms with Crippen LogP contribution in [0.3, 0.4) is 0 Å². The van der Waals surface area contributed by atoms with Crippen LogP contribution in [-0.2, 0) is 21.2 Å². The molecule has 5 rings (SSSR count). The monoisotopic (exact) mass is 386 g/mol. The van der Waals surface area contributed by atoms with Gasteiger partial charge in [0.15, 0.2) is 11.5 Å². The lowest BCUT2D eigenvalue weighted by molar-refractivity contribution is -0.119. The highest BCUT2D eigenvalue weighted by Crippen LogP contribution is 2.38. The molecule has 8 heteroatoms. The summed E-state index contributed by atoms with van der Waals surface area (Å²) in [5.41, 5.74) is 2.35. The number of nitrogens with zero attached hydrogens (tertiary/aromatic N) is 1. The van der Waals surface area contributed by atoms with Crippen LogP contribution in [0.2, 0.25) is 0 Å². The zero-order valence-electron chi connectivity index (χ0n) is 14.5. The summed E-state index contributed by atoms with van der Waals surface area (Å²) in [5.74, 6) is 1.30. The number of fused-ring (bicyclic) bond motifs is 2. The van der Waals surface area contributed by atoms with Crippen LogP contribution in [0.1, 0.15) is 18.4 Å². The molecule has 1 fully saturated rings. The van der Waals surface area contributed by atoms with Gasteiger partial charge in [-0.3, -0.25) is 9.52 Å². The number of hydrogen-bond donors (Lipinski definition) is 1. The molecule has 1 N–H and O–H groups in total. The van der Waals surface area contributed by atoms with E-state index in [0.29, 0.717) is 23.7 Å². The summed E-state index contributed by atoms with van der Waals surface area (Å²) in [4.78, 5) is 14.3. The molecule has 1 aliphatic carbocycles. The maximum absolute atomic E-state index is 12.7. The first-order chi connectivity index (χ1) is 13.0. The first-order valence-corrected chi connectivity index (χ1v) is 10.4. The average Bonchev–Trinajstić information content (AvgIpc) is 3.25. The number of carbonyl (C=O) groups is 1. The van der Waals surface area contributed by atoms with Crippen molar-refractivity contribution >= 4 is 27.3 Å². The van der Waals surface area contributed by atoms with Gasteiger partial charge in [0.25, 0.3) is 10.0 Å². The van der Waals surface area contributed by atoms with Crippen molar-refractivity contribution in [1.29, 1.82) is 0 Å². The molecule has 7 nitrogen and oxygen atoms in total. The van der Waals surface area contributed by atoms with Gasteiger partial charge >= 0.3 is 0 Å². The van der Waals surface area contributed by atoms with Crippen molar-refractivity contribution in [3.05, 3.63) is 42.0 Å². The van der Waals surface area contributed by atoms with Crippen molar-refractivity contribution < 1.29 is 22.7 Å². The third kappa shape index (κ3) is 2.90. The molecular formula is C19H18N2O5S. The fourth-order valence-corrected chi connectivity index (χ4v) is 4.57. The third-order valence-corrected chi connectivity index (χ3v) is 6.45. The fraction of sp³-hybridized carbons (Fsp3) is 0.316. The van der Waals surface area contributed by atoms with E-state index in [-0.39, 0.29) is 23.5 Å². The number of nitrogens with one attached hydrogen (secondary N) is 1. The molecule has 2 aromatic rings. The van der Waals surface area contributed by atoms with Crippen molar-refractivity contribution in [2.75, 3.05) is 23.0 Å². The van der Waals surface area contributed by atoms with Gasteiger partial charge in [-0.1, -0.05) is 0 Å².